The molecular formula is C11H16N2. The van der Waals surface area contributed by atoms with E-state index >= 15 is 0 Å². The fourth-order valence-corrected chi connectivity index (χ4v) is 1.18. The molecule has 0 unspecified atom stereocenters. The topological polar surface area (TPSA) is 24.4 Å². The van der Waals surface area contributed by atoms with Crippen molar-refractivity contribution in [3.63, 3.8) is 0 Å². The molecule has 0 spiro atoms. The molecule has 2 heteroatoms. The number of hydrogen-bond acceptors (Lipinski definition) is 2. The summed E-state index contributed by atoms with van der Waals surface area (Å²) in [5.41, 5.74) is 2.54. The van der Waals surface area contributed by atoms with E-state index in [9.17, 15) is 0 Å². The maximum atomic E-state index is 4.21. The number of aliphatic imine (C=N–C) groups is 1. The lowest BCUT2D eigenvalue weighted by Gasteiger charge is -2.10. The van der Waals surface area contributed by atoms with Crippen LogP contribution >= 0.6 is 0 Å². The monoisotopic (exact) mass is 176 g/mol. The zero-order chi connectivity index (χ0) is 9.84. The van der Waals surface area contributed by atoms with Crippen LogP contribution in [0.3, 0.4) is 0 Å². The van der Waals surface area contributed by atoms with Crippen molar-refractivity contribution in [3.8, 4) is 0 Å². The molecule has 2 nitrogen and oxygen atoms in total. The Hall–Kier alpha value is -1.31. The fourth-order valence-electron chi connectivity index (χ4n) is 1.18. The molecule has 0 radical (unpaired) electrons. The molecule has 70 valence electrons. The van der Waals surface area contributed by atoms with Gasteiger partial charge in [-0.05, 0) is 25.1 Å². The van der Waals surface area contributed by atoms with E-state index < -0.39 is 0 Å². The van der Waals surface area contributed by atoms with E-state index in [1.54, 1.807) is 6.20 Å². The molecule has 1 N–H and O–H groups in total. The summed E-state index contributed by atoms with van der Waals surface area (Å²) in [6.45, 7) is 10.1. The zero-order valence-corrected chi connectivity index (χ0v) is 8.46. The van der Waals surface area contributed by atoms with E-state index in [-0.39, 0.29) is 0 Å². The van der Waals surface area contributed by atoms with Crippen LogP contribution in [0.15, 0.2) is 41.2 Å². The van der Waals surface area contributed by atoms with Crippen LogP contribution in [-0.2, 0) is 0 Å². The van der Waals surface area contributed by atoms with Crippen molar-refractivity contribution in [2.45, 2.75) is 20.8 Å². The second kappa shape index (κ2) is 4.08. The Morgan fingerprint density at radius 2 is 2.31 bits per heavy atom. The lowest BCUT2D eigenvalue weighted by Crippen LogP contribution is -2.18. The molecule has 1 aliphatic heterocycles. The molecule has 0 bridgehead atoms. The highest BCUT2D eigenvalue weighted by Crippen LogP contribution is 2.19. The molecule has 13 heavy (non-hydrogen) atoms. The van der Waals surface area contributed by atoms with Crippen molar-refractivity contribution in [3.05, 3.63) is 36.2 Å². The smallest absolute Gasteiger partial charge is 0.137 e. The SMILES string of the molecule is C=CNC1=NC=C/C1=C(/C)C(C)C. The third-order valence-corrected chi connectivity index (χ3v) is 2.23. The minimum atomic E-state index is 0.551. The Kier molecular flexibility index (Phi) is 3.07. The molecular weight excluding hydrogens is 160 g/mol. The first-order valence-corrected chi connectivity index (χ1v) is 4.49. The van der Waals surface area contributed by atoms with Gasteiger partial charge in [-0.2, -0.15) is 0 Å². The average Bonchev–Trinajstić information content (AvgIpc) is 2.52. The van der Waals surface area contributed by atoms with Crippen LogP contribution in [-0.4, -0.2) is 5.84 Å². The van der Waals surface area contributed by atoms with Crippen molar-refractivity contribution >= 4 is 5.84 Å². The summed E-state index contributed by atoms with van der Waals surface area (Å²) >= 11 is 0. The maximum Gasteiger partial charge on any atom is 0.137 e. The number of nitrogens with one attached hydrogen (secondary N) is 1. The Morgan fingerprint density at radius 3 is 2.85 bits per heavy atom. The van der Waals surface area contributed by atoms with Gasteiger partial charge < -0.3 is 5.32 Å². The number of rotatable bonds is 2. The van der Waals surface area contributed by atoms with Gasteiger partial charge in [0, 0.05) is 11.8 Å². The first kappa shape index (κ1) is 9.78. The maximum absolute atomic E-state index is 4.21. The largest absolute Gasteiger partial charge is 0.347 e. The van der Waals surface area contributed by atoms with Gasteiger partial charge in [0.1, 0.15) is 5.84 Å². The average molecular weight is 176 g/mol. The summed E-state index contributed by atoms with van der Waals surface area (Å²) in [5.74, 6) is 1.45. The molecule has 0 atom stereocenters. The normalized spacial score (nSPS) is 18.9. The van der Waals surface area contributed by atoms with E-state index in [1.807, 2.05) is 12.3 Å². The second-order valence-electron chi connectivity index (χ2n) is 3.39. The van der Waals surface area contributed by atoms with Crippen molar-refractivity contribution in [1.82, 2.24) is 5.32 Å². The summed E-state index contributed by atoms with van der Waals surface area (Å²) in [7, 11) is 0. The first-order valence-electron chi connectivity index (χ1n) is 4.49. The number of hydrogen-bond donors (Lipinski definition) is 1. The van der Waals surface area contributed by atoms with Crippen LogP contribution in [0.5, 0.6) is 0 Å². The molecule has 0 aromatic carbocycles. The van der Waals surface area contributed by atoms with Crippen LogP contribution < -0.4 is 5.32 Å². The van der Waals surface area contributed by atoms with E-state index in [1.165, 1.54) is 11.1 Å². The standard InChI is InChI=1S/C11H16N2/c1-5-12-11-10(6-7-13-11)9(4)8(2)3/h5-8H,1H2,2-4H3,(H,12,13)/b10-9+. The summed E-state index contributed by atoms with van der Waals surface area (Å²) in [6, 6.07) is 0. The Balaban J connectivity index is 2.93. The first-order chi connectivity index (χ1) is 6.16. The predicted octanol–water partition coefficient (Wildman–Crippen LogP) is 2.62. The lowest BCUT2D eigenvalue weighted by atomic mass is 9.99. The van der Waals surface area contributed by atoms with E-state index in [4.69, 9.17) is 0 Å². The highest BCUT2D eigenvalue weighted by Gasteiger charge is 2.11. The predicted molar refractivity (Wildman–Crippen MR) is 57.4 cm³/mol. The molecule has 1 heterocycles. The molecule has 0 saturated heterocycles. The fraction of sp³-hybridized carbons (Fsp3) is 0.364. The second-order valence-corrected chi connectivity index (χ2v) is 3.39. The molecule has 1 aliphatic rings. The molecule has 0 saturated carbocycles. The van der Waals surface area contributed by atoms with Gasteiger partial charge in [0.05, 0.1) is 0 Å². The molecule has 0 aliphatic carbocycles. The Morgan fingerprint density at radius 1 is 1.62 bits per heavy atom. The van der Waals surface area contributed by atoms with Crippen molar-refractivity contribution in [2.24, 2.45) is 10.9 Å². The van der Waals surface area contributed by atoms with Gasteiger partial charge in [0.15, 0.2) is 0 Å². The van der Waals surface area contributed by atoms with Gasteiger partial charge in [0.2, 0.25) is 0 Å². The molecule has 1 rings (SSSR count). The number of nitrogens with zero attached hydrogens (tertiary/aromatic N) is 1. The van der Waals surface area contributed by atoms with Gasteiger partial charge in [-0.3, -0.25) is 0 Å². The van der Waals surface area contributed by atoms with E-state index in [0.717, 1.165) is 5.84 Å². The highest BCUT2D eigenvalue weighted by atomic mass is 15.0. The van der Waals surface area contributed by atoms with Crippen LogP contribution in [0.4, 0.5) is 0 Å². The minimum Gasteiger partial charge on any atom is -0.347 e. The third kappa shape index (κ3) is 2.08. The molecule has 0 amide bonds. The summed E-state index contributed by atoms with van der Waals surface area (Å²) in [5, 5.41) is 3.02. The number of amidine groups is 1. The van der Waals surface area contributed by atoms with Crippen LogP contribution in [0.2, 0.25) is 0 Å². The Bertz CT molecular complexity index is 293. The van der Waals surface area contributed by atoms with Crippen LogP contribution in [0.1, 0.15) is 20.8 Å². The number of allylic oxidation sites excluding steroid dienone is 1. The highest BCUT2D eigenvalue weighted by molar-refractivity contribution is 6.04. The summed E-state index contributed by atoms with van der Waals surface area (Å²) < 4.78 is 0. The van der Waals surface area contributed by atoms with Gasteiger partial charge in [-0.15, -0.1) is 0 Å². The Labute approximate surface area is 79.8 Å². The van der Waals surface area contributed by atoms with E-state index in [0.29, 0.717) is 5.92 Å². The molecule has 0 aromatic heterocycles. The van der Waals surface area contributed by atoms with Crippen molar-refractivity contribution in [1.29, 1.82) is 0 Å². The van der Waals surface area contributed by atoms with Crippen LogP contribution in [0, 0.1) is 5.92 Å². The van der Waals surface area contributed by atoms with Crippen molar-refractivity contribution in [2.75, 3.05) is 0 Å². The van der Waals surface area contributed by atoms with Crippen molar-refractivity contribution < 1.29 is 0 Å². The van der Waals surface area contributed by atoms with Gasteiger partial charge in [-0.25, -0.2) is 4.99 Å². The minimum absolute atomic E-state index is 0.551. The quantitative estimate of drug-likeness (QED) is 0.687. The zero-order valence-electron chi connectivity index (χ0n) is 8.46. The van der Waals surface area contributed by atoms with Gasteiger partial charge in [-0.1, -0.05) is 26.0 Å². The summed E-state index contributed by atoms with van der Waals surface area (Å²) in [6.07, 6.45) is 5.49. The summed E-state index contributed by atoms with van der Waals surface area (Å²) in [4.78, 5) is 4.21. The third-order valence-electron chi connectivity index (χ3n) is 2.23. The van der Waals surface area contributed by atoms with E-state index in [2.05, 4.69) is 37.7 Å². The van der Waals surface area contributed by atoms with Gasteiger partial charge >= 0.3 is 0 Å². The lowest BCUT2D eigenvalue weighted by molar-refractivity contribution is 0.765. The molecule has 0 aromatic rings. The molecule has 0 fully saturated rings. The van der Waals surface area contributed by atoms with Crippen LogP contribution in [0.25, 0.3) is 0 Å². The van der Waals surface area contributed by atoms with Gasteiger partial charge in [0.25, 0.3) is 0 Å².